The Morgan fingerprint density at radius 3 is 2.60 bits per heavy atom. The highest BCUT2D eigenvalue weighted by Crippen LogP contribution is 2.16. The first-order valence-electron chi connectivity index (χ1n) is 9.34. The molecule has 4 nitrogen and oxygen atoms in total. The van der Waals surface area contributed by atoms with Crippen LogP contribution < -0.4 is 5.32 Å². The fourth-order valence-electron chi connectivity index (χ4n) is 3.54. The summed E-state index contributed by atoms with van der Waals surface area (Å²) < 4.78 is 0. The molecule has 0 spiro atoms. The quantitative estimate of drug-likeness (QED) is 0.812. The molecule has 1 fully saturated rings. The molecule has 1 aromatic heterocycles. The molecule has 1 aliphatic rings. The van der Waals surface area contributed by atoms with Crippen molar-refractivity contribution in [3.63, 3.8) is 0 Å². The van der Waals surface area contributed by atoms with E-state index >= 15 is 0 Å². The number of benzene rings is 1. The minimum absolute atomic E-state index is 0.341. The summed E-state index contributed by atoms with van der Waals surface area (Å²) in [6.07, 6.45) is 8.40. The third kappa shape index (κ3) is 5.83. The number of aromatic hydroxyl groups is 1. The lowest BCUT2D eigenvalue weighted by atomic mass is 10.0. The number of phenolic OH excluding ortho intramolecular Hbond substituents is 1. The maximum absolute atomic E-state index is 9.35. The lowest BCUT2D eigenvalue weighted by Gasteiger charge is -2.34. The van der Waals surface area contributed by atoms with Crippen molar-refractivity contribution in [3.8, 4) is 5.75 Å². The Bertz CT molecular complexity index is 621. The molecule has 25 heavy (non-hydrogen) atoms. The molecule has 4 heteroatoms. The van der Waals surface area contributed by atoms with E-state index in [0.717, 1.165) is 32.5 Å². The van der Waals surface area contributed by atoms with Crippen LogP contribution in [0.1, 0.15) is 37.3 Å². The van der Waals surface area contributed by atoms with Gasteiger partial charge in [0.1, 0.15) is 5.75 Å². The lowest BCUT2D eigenvalue weighted by molar-refractivity contribution is 0.184. The van der Waals surface area contributed by atoms with Gasteiger partial charge < -0.3 is 10.4 Å². The first-order chi connectivity index (χ1) is 12.2. The van der Waals surface area contributed by atoms with Gasteiger partial charge in [-0.05, 0) is 75.0 Å². The molecule has 134 valence electrons. The van der Waals surface area contributed by atoms with Crippen molar-refractivity contribution in [3.05, 3.63) is 59.9 Å². The first kappa shape index (κ1) is 17.9. The summed E-state index contributed by atoms with van der Waals surface area (Å²) in [7, 11) is 0. The fourth-order valence-corrected chi connectivity index (χ4v) is 3.54. The van der Waals surface area contributed by atoms with Gasteiger partial charge in [-0.1, -0.05) is 18.2 Å². The van der Waals surface area contributed by atoms with Crippen molar-refractivity contribution in [2.24, 2.45) is 0 Å². The summed E-state index contributed by atoms with van der Waals surface area (Å²) >= 11 is 0. The number of phenols is 1. The maximum atomic E-state index is 9.35. The molecule has 1 aromatic carbocycles. The third-order valence-electron chi connectivity index (χ3n) is 5.04. The van der Waals surface area contributed by atoms with Crippen LogP contribution in [0.3, 0.4) is 0 Å². The number of hydrogen-bond donors (Lipinski definition) is 2. The molecule has 2 N–H and O–H groups in total. The number of aromatic nitrogens is 1. The van der Waals surface area contributed by atoms with Crippen LogP contribution in [0.2, 0.25) is 0 Å². The number of aryl methyl sites for hydroxylation is 1. The van der Waals surface area contributed by atoms with Crippen molar-refractivity contribution in [2.75, 3.05) is 13.1 Å². The topological polar surface area (TPSA) is 48.4 Å². The van der Waals surface area contributed by atoms with Gasteiger partial charge in [0, 0.05) is 31.0 Å². The van der Waals surface area contributed by atoms with Crippen molar-refractivity contribution in [1.82, 2.24) is 15.2 Å². The number of nitrogens with zero attached hydrogens (tertiary/aromatic N) is 2. The van der Waals surface area contributed by atoms with E-state index in [1.165, 1.54) is 24.0 Å². The van der Waals surface area contributed by atoms with Crippen LogP contribution >= 0.6 is 0 Å². The van der Waals surface area contributed by atoms with Crippen LogP contribution in [-0.4, -0.2) is 40.2 Å². The summed E-state index contributed by atoms with van der Waals surface area (Å²) in [5.41, 5.74) is 2.59. The second-order valence-electron chi connectivity index (χ2n) is 7.18. The summed E-state index contributed by atoms with van der Waals surface area (Å²) in [6, 6.07) is 12.9. The van der Waals surface area contributed by atoms with E-state index in [1.54, 1.807) is 12.1 Å². The molecule has 0 aliphatic carbocycles. The van der Waals surface area contributed by atoms with E-state index in [9.17, 15) is 5.11 Å². The normalized spacial score (nSPS) is 17.5. The van der Waals surface area contributed by atoms with Crippen molar-refractivity contribution in [1.29, 1.82) is 0 Å². The van der Waals surface area contributed by atoms with Gasteiger partial charge in [0.25, 0.3) is 0 Å². The van der Waals surface area contributed by atoms with Gasteiger partial charge in [0.2, 0.25) is 0 Å². The van der Waals surface area contributed by atoms with Gasteiger partial charge >= 0.3 is 0 Å². The van der Waals surface area contributed by atoms with Gasteiger partial charge in [-0.25, -0.2) is 0 Å². The highest BCUT2D eigenvalue weighted by molar-refractivity contribution is 5.25. The van der Waals surface area contributed by atoms with Gasteiger partial charge in [0.15, 0.2) is 0 Å². The molecule has 3 rings (SSSR count). The van der Waals surface area contributed by atoms with E-state index < -0.39 is 0 Å². The summed E-state index contributed by atoms with van der Waals surface area (Å²) in [6.45, 7) is 5.59. The Morgan fingerprint density at radius 1 is 1.16 bits per heavy atom. The van der Waals surface area contributed by atoms with E-state index in [4.69, 9.17) is 0 Å². The smallest absolute Gasteiger partial charge is 0.115 e. The zero-order valence-corrected chi connectivity index (χ0v) is 15.1. The maximum Gasteiger partial charge on any atom is 0.115 e. The molecule has 2 heterocycles. The van der Waals surface area contributed by atoms with Crippen LogP contribution in [0.4, 0.5) is 0 Å². The molecule has 0 bridgehead atoms. The summed E-state index contributed by atoms with van der Waals surface area (Å²) in [4.78, 5) is 6.73. The van der Waals surface area contributed by atoms with Crippen molar-refractivity contribution in [2.45, 2.75) is 51.2 Å². The van der Waals surface area contributed by atoms with Crippen LogP contribution in [0.25, 0.3) is 0 Å². The zero-order chi connectivity index (χ0) is 17.5. The molecule has 0 amide bonds. The number of pyridine rings is 1. The molecule has 0 radical (unpaired) electrons. The van der Waals surface area contributed by atoms with Gasteiger partial charge in [0.05, 0.1) is 0 Å². The standard InChI is InChI=1S/C21H29N3O/c1-17(4-5-18-6-8-21(25)9-7-18)23-20-10-13-24(14-11-20)16-19-3-2-12-22-15-19/h2-3,6-9,12,15,17,20,23,25H,4-5,10-11,13-14,16H2,1H3/t17-/m0/s1. The molecule has 0 unspecified atom stereocenters. The molecular weight excluding hydrogens is 310 g/mol. The fraction of sp³-hybridized carbons (Fsp3) is 0.476. The van der Waals surface area contributed by atoms with Crippen molar-refractivity contribution >= 4 is 0 Å². The summed E-state index contributed by atoms with van der Waals surface area (Å²) in [5.74, 6) is 0.341. The third-order valence-corrected chi connectivity index (χ3v) is 5.04. The number of likely N-dealkylation sites (tertiary alicyclic amines) is 1. The number of nitrogens with one attached hydrogen (secondary N) is 1. The largest absolute Gasteiger partial charge is 0.508 e. The second-order valence-corrected chi connectivity index (χ2v) is 7.18. The molecular formula is C21H29N3O. The first-order valence-corrected chi connectivity index (χ1v) is 9.34. The predicted octanol–water partition coefficient (Wildman–Crippen LogP) is 3.36. The Kier molecular flexibility index (Phi) is 6.42. The van der Waals surface area contributed by atoms with Gasteiger partial charge in [-0.2, -0.15) is 0 Å². The Balaban J connectivity index is 1.36. The average molecular weight is 339 g/mol. The van der Waals surface area contributed by atoms with Gasteiger partial charge in [-0.3, -0.25) is 9.88 Å². The van der Waals surface area contributed by atoms with E-state index in [0.29, 0.717) is 17.8 Å². The Labute approximate surface area is 150 Å². The zero-order valence-electron chi connectivity index (χ0n) is 15.1. The minimum Gasteiger partial charge on any atom is -0.508 e. The summed E-state index contributed by atoms with van der Waals surface area (Å²) in [5, 5.41) is 13.1. The molecule has 0 saturated carbocycles. The minimum atomic E-state index is 0.341. The number of rotatable bonds is 7. The highest BCUT2D eigenvalue weighted by Gasteiger charge is 2.20. The average Bonchev–Trinajstić information content (AvgIpc) is 2.64. The van der Waals surface area contributed by atoms with Gasteiger partial charge in [-0.15, -0.1) is 0 Å². The monoisotopic (exact) mass is 339 g/mol. The van der Waals surface area contributed by atoms with E-state index in [2.05, 4.69) is 28.2 Å². The Morgan fingerprint density at radius 2 is 1.92 bits per heavy atom. The molecule has 1 saturated heterocycles. The van der Waals surface area contributed by atoms with Crippen LogP contribution in [-0.2, 0) is 13.0 Å². The SMILES string of the molecule is C[C@@H](CCc1ccc(O)cc1)NC1CCN(Cc2cccnc2)CC1. The highest BCUT2D eigenvalue weighted by atomic mass is 16.3. The number of hydrogen-bond acceptors (Lipinski definition) is 4. The lowest BCUT2D eigenvalue weighted by Crippen LogP contribution is -2.45. The molecule has 1 aliphatic heterocycles. The van der Waals surface area contributed by atoms with Crippen LogP contribution in [0.15, 0.2) is 48.8 Å². The molecule has 1 atom stereocenters. The van der Waals surface area contributed by atoms with Crippen LogP contribution in [0, 0.1) is 0 Å². The van der Waals surface area contributed by atoms with E-state index in [-0.39, 0.29) is 0 Å². The predicted molar refractivity (Wildman–Crippen MR) is 102 cm³/mol. The van der Waals surface area contributed by atoms with Crippen molar-refractivity contribution < 1.29 is 5.11 Å². The number of piperidine rings is 1. The Hall–Kier alpha value is -1.91. The molecule has 2 aromatic rings. The second kappa shape index (κ2) is 8.97. The van der Waals surface area contributed by atoms with E-state index in [1.807, 2.05) is 30.6 Å². The van der Waals surface area contributed by atoms with Crippen LogP contribution in [0.5, 0.6) is 5.75 Å².